The van der Waals surface area contributed by atoms with Crippen LogP contribution in [0.4, 0.5) is 28.5 Å². The summed E-state index contributed by atoms with van der Waals surface area (Å²) in [4.78, 5) is 151. The van der Waals surface area contributed by atoms with Crippen LogP contribution >= 0.6 is 0 Å². The molecule has 4 amide bonds. The van der Waals surface area contributed by atoms with Crippen LogP contribution in [0.2, 0.25) is 0 Å². The molecule has 1 aliphatic carbocycles. The largest absolute Gasteiger partial charge is 0.460 e. The molecule has 15 atom stereocenters. The van der Waals surface area contributed by atoms with E-state index in [9.17, 15) is 48.6 Å². The second-order valence-corrected chi connectivity index (χ2v) is 35.6. The summed E-state index contributed by atoms with van der Waals surface area (Å²) in [6, 6.07) is 10.6. The van der Waals surface area contributed by atoms with Crippen molar-refractivity contribution in [2.24, 2.45) is 35.5 Å². The number of hydrogen-bond acceptors (Lipinski definition) is 31. The van der Waals surface area contributed by atoms with Gasteiger partial charge in [-0.1, -0.05) is 89.3 Å². The van der Waals surface area contributed by atoms with E-state index in [0.29, 0.717) is 172 Å². The highest BCUT2D eigenvalue weighted by atomic mass is 16.6. The number of nitrogen functional groups attached to an aromatic ring is 2. The molecule has 10 heterocycles. The van der Waals surface area contributed by atoms with Gasteiger partial charge in [0, 0.05) is 147 Å². The molecular formula is C95H125N17O19. The van der Waals surface area contributed by atoms with Crippen LogP contribution in [-0.4, -0.2) is 260 Å². The summed E-state index contributed by atoms with van der Waals surface area (Å²) < 4.78 is 54.9. The van der Waals surface area contributed by atoms with Gasteiger partial charge in [0.15, 0.2) is 17.0 Å². The van der Waals surface area contributed by atoms with Crippen LogP contribution in [0.3, 0.4) is 0 Å². The number of anilines is 4. The number of piperazine rings is 1. The number of methoxy groups -OCH3 is 3. The lowest BCUT2D eigenvalue weighted by molar-refractivity contribution is -0.265. The van der Waals surface area contributed by atoms with E-state index in [1.165, 1.54) is 36.3 Å². The average molecular weight is 1810 g/mol. The smallest absolute Gasteiger partial charge is 0.407 e. The lowest BCUT2D eigenvalue weighted by atomic mass is 9.78. The topological polar surface area (TPSA) is 461 Å². The molecule has 36 heteroatoms. The molecule has 0 spiro atoms. The van der Waals surface area contributed by atoms with Crippen molar-refractivity contribution in [2.45, 2.75) is 213 Å². The molecule has 5 aromatic heterocycles. The number of fused-ring (bicyclic) bond motifs is 6. The lowest BCUT2D eigenvalue weighted by Crippen LogP contribution is -2.61. The van der Waals surface area contributed by atoms with Crippen LogP contribution in [0.1, 0.15) is 165 Å². The average Bonchev–Trinajstić information content (AvgIpc) is 1.64. The zero-order valence-corrected chi connectivity index (χ0v) is 76.5. The number of ketones is 3. The first kappa shape index (κ1) is 97.2. The fourth-order valence-corrected chi connectivity index (χ4v) is 18.4. The Balaban J connectivity index is 0.525. The van der Waals surface area contributed by atoms with Crippen LogP contribution in [-0.2, 0) is 92.7 Å². The first-order valence-electron chi connectivity index (χ1n) is 45.6. The Bertz CT molecular complexity index is 5290. The Hall–Kier alpha value is -11.4. The first-order chi connectivity index (χ1) is 63.1. The van der Waals surface area contributed by atoms with Crippen molar-refractivity contribution in [2.75, 3.05) is 115 Å². The van der Waals surface area contributed by atoms with E-state index < -0.39 is 102 Å². The standard InChI is InChI=1S/C95H125N17O19/c1-56-16-12-11-13-17-57(2)76(123-8)46-70-24-19-62(7)95(122,131-70)85(117)89(119)111-30-15-14-18-72(111)90(120)128-77(47-73(113)58(3)41-61(6)83(116)84(125-10)82(115)60(5)40-56)59(4)42-63-21-25-75(78(44-63)124-9)130-94(121)103-50-65-48-99-92(100-49-65)108-32-34-109(35-33-108)93-101-51-69(52-102-93)88(118)98-29-37-127-39-38-126-36-28-79(114)110-31-27-66-43-64(20-22-68(66)54-110)53-112-87-80(86(96)104-55-105-87)81(107-112)67-23-26-74-71(45-67)106-91(97)129-74/h11-13,16-17,20,22-23,26,41,43,45,48-49,51-52,55-56,58-60,62-63,70,72,75-78,83-84,116,122H,14-15,18-19,21,24-25,27-40,42,44,46-47,50,53-54H2,1-10H3,(H2,97,106)(H,98,118)(H,103,121)(H2,96,104,105)/b13-11+,16-12+,57-17+,61-41+/t56-,58-,59-,60-,62-,63+,70+,72+,75-,76+,77+,78-,83-,84+,95-/m1/s1. The number of aromatic nitrogens is 9. The number of carbonyl (C=O) groups is 8. The molecule has 0 unspecified atom stereocenters. The maximum atomic E-state index is 14.8. The molecule has 36 nitrogen and oxygen atoms in total. The van der Waals surface area contributed by atoms with Crippen molar-refractivity contribution >= 4 is 93.0 Å². The third kappa shape index (κ3) is 24.5. The van der Waals surface area contributed by atoms with E-state index in [1.54, 1.807) is 66.5 Å². The molecule has 8 N–H and O–H groups in total. The molecule has 3 saturated heterocycles. The predicted octanol–water partition coefficient (Wildman–Crippen LogP) is 8.92. The van der Waals surface area contributed by atoms with Crippen molar-refractivity contribution < 1.29 is 90.9 Å². The Morgan fingerprint density at radius 1 is 0.733 bits per heavy atom. The third-order valence-corrected chi connectivity index (χ3v) is 26.2. The molecule has 7 aromatic rings. The normalized spacial score (nSPS) is 27.1. The van der Waals surface area contributed by atoms with Crippen LogP contribution in [0.15, 0.2) is 120 Å². The number of nitrogens with zero attached hydrogens (tertiary/aromatic N) is 13. The molecule has 5 aliphatic heterocycles. The Morgan fingerprint density at radius 3 is 2.21 bits per heavy atom. The number of ether oxygens (including phenoxy) is 8. The first-order valence-corrected chi connectivity index (χ1v) is 45.6. The molecule has 0 radical (unpaired) electrons. The molecule has 6 aliphatic rings. The molecular weight excluding hydrogens is 1680 g/mol. The Labute approximate surface area is 762 Å². The van der Waals surface area contributed by atoms with Gasteiger partial charge in [-0.2, -0.15) is 10.1 Å². The number of Topliss-reactive ketones (excluding diaryl/α,β-unsaturated/α-hetero) is 3. The number of amides is 4. The summed E-state index contributed by atoms with van der Waals surface area (Å²) in [6.45, 7) is 17.7. The number of nitrogens with two attached hydrogens (primary N) is 2. The van der Waals surface area contributed by atoms with Gasteiger partial charge < -0.3 is 94.2 Å². The maximum absolute atomic E-state index is 14.8. The minimum Gasteiger partial charge on any atom is -0.460 e. The van der Waals surface area contributed by atoms with Crippen LogP contribution in [0.25, 0.3) is 33.4 Å². The summed E-state index contributed by atoms with van der Waals surface area (Å²) >= 11 is 0. The van der Waals surface area contributed by atoms with E-state index >= 15 is 0 Å². The van der Waals surface area contributed by atoms with Gasteiger partial charge in [-0.25, -0.2) is 44.2 Å². The number of rotatable bonds is 24. The molecule has 704 valence electrons. The van der Waals surface area contributed by atoms with E-state index in [2.05, 4.69) is 57.7 Å². The minimum atomic E-state index is -2.49. The van der Waals surface area contributed by atoms with Gasteiger partial charge in [-0.05, 0) is 148 Å². The number of aliphatic hydroxyl groups is 2. The van der Waals surface area contributed by atoms with Gasteiger partial charge in [0.05, 0.1) is 68.7 Å². The van der Waals surface area contributed by atoms with Gasteiger partial charge in [0.2, 0.25) is 23.6 Å². The number of benzene rings is 2. The van der Waals surface area contributed by atoms with Gasteiger partial charge in [-0.15, -0.1) is 0 Å². The van der Waals surface area contributed by atoms with Gasteiger partial charge in [-0.3, -0.25) is 28.8 Å². The zero-order valence-electron chi connectivity index (χ0n) is 76.5. The fourth-order valence-electron chi connectivity index (χ4n) is 18.4. The number of cyclic esters (lactones) is 1. The number of esters is 1. The zero-order chi connectivity index (χ0) is 93.2. The van der Waals surface area contributed by atoms with Crippen LogP contribution in [0, 0.1) is 35.5 Å². The Kier molecular flexibility index (Phi) is 33.5. The van der Waals surface area contributed by atoms with E-state index in [-0.39, 0.29) is 113 Å². The van der Waals surface area contributed by atoms with Crippen molar-refractivity contribution in [1.82, 2.24) is 65.1 Å². The summed E-state index contributed by atoms with van der Waals surface area (Å²) in [5, 5.41) is 35.1. The highest BCUT2D eigenvalue weighted by molar-refractivity contribution is 6.39. The Morgan fingerprint density at radius 2 is 1.47 bits per heavy atom. The highest BCUT2D eigenvalue weighted by Crippen LogP contribution is 2.40. The molecule has 2 aromatic carbocycles. The van der Waals surface area contributed by atoms with E-state index in [4.69, 9.17) is 58.9 Å². The summed E-state index contributed by atoms with van der Waals surface area (Å²) in [5.41, 5.74) is 20.7. The quantitative estimate of drug-likeness (QED) is 0.0142. The number of allylic oxidation sites excluding steroid dienone is 6. The number of nitrogens with one attached hydrogen (secondary N) is 2. The summed E-state index contributed by atoms with van der Waals surface area (Å²) in [6.07, 6.45) is 17.6. The maximum Gasteiger partial charge on any atom is 0.407 e. The van der Waals surface area contributed by atoms with E-state index in [1.807, 2.05) is 88.7 Å². The number of alkyl carbamates (subject to hydrolysis) is 1. The highest BCUT2D eigenvalue weighted by Gasteiger charge is 2.53. The summed E-state index contributed by atoms with van der Waals surface area (Å²) in [5.74, 6) is -7.84. The minimum absolute atomic E-state index is 0.00527. The van der Waals surface area contributed by atoms with Crippen molar-refractivity contribution in [1.29, 1.82) is 0 Å². The van der Waals surface area contributed by atoms with E-state index in [0.717, 1.165) is 22.3 Å². The van der Waals surface area contributed by atoms with Gasteiger partial charge >= 0.3 is 12.1 Å². The van der Waals surface area contributed by atoms with Crippen molar-refractivity contribution in [3.8, 4) is 11.3 Å². The predicted molar refractivity (Wildman–Crippen MR) is 485 cm³/mol. The summed E-state index contributed by atoms with van der Waals surface area (Å²) in [7, 11) is 4.48. The molecule has 13 rings (SSSR count). The number of oxazole rings is 1. The van der Waals surface area contributed by atoms with Crippen molar-refractivity contribution in [3.05, 3.63) is 143 Å². The van der Waals surface area contributed by atoms with Crippen LogP contribution < -0.4 is 31.9 Å². The van der Waals surface area contributed by atoms with Gasteiger partial charge in [0.25, 0.3) is 23.6 Å². The third-order valence-electron chi connectivity index (χ3n) is 26.2. The van der Waals surface area contributed by atoms with Crippen LogP contribution in [0.5, 0.6) is 0 Å². The second kappa shape index (κ2) is 45.2. The van der Waals surface area contributed by atoms with Gasteiger partial charge in [0.1, 0.15) is 59.6 Å². The number of hydrogen-bond donors (Lipinski definition) is 6. The SMILES string of the molecule is CO[C@H]1C[C@@H]2CC[C@@H](C)[C@@](O)(O2)C(=O)C(=O)N2CCCC[C@H]2C(=O)O[C@H]([C@H](C)C[C@@H]2CC[C@@H](OC(=O)NCc3cnc(N4CCN(c5ncc(C(=O)NCCOCCOCCC(=O)N6CCc7cc(Cn8nc(-c9ccc%10oc(N)nc%10c9)c9c(N)ncnc98)ccc7C6)cn5)CC4)nc3)[C@H](OC)C2)CC(=O)[C@H](C)/C=C(\C)[C@@H](O)[C@@H](OC)C(=O)[C@H](C)C[C@H](C)/C=C/C=C/C=C/1C. The molecule has 4 fully saturated rings. The second-order valence-electron chi connectivity index (χ2n) is 35.6. The number of carbonyl (C=O) groups excluding carboxylic acids is 8. The molecule has 131 heavy (non-hydrogen) atoms. The molecule has 1 saturated carbocycles. The molecule has 2 bridgehead atoms. The number of aliphatic hydroxyl groups excluding tert-OH is 1. The van der Waals surface area contributed by atoms with Crippen molar-refractivity contribution in [3.63, 3.8) is 0 Å². The number of piperidine rings is 1. The lowest BCUT2D eigenvalue weighted by Gasteiger charge is -2.42. The fraction of sp³-hybridized carbons (Fsp3) is 0.558. The monoisotopic (exact) mass is 1810 g/mol.